The summed E-state index contributed by atoms with van der Waals surface area (Å²) in [7, 11) is 0. The number of aromatic nitrogens is 2. The number of aryl methyl sites for hydroxylation is 2. The van der Waals surface area contributed by atoms with Crippen LogP contribution in [0.3, 0.4) is 0 Å². The predicted molar refractivity (Wildman–Crippen MR) is 158 cm³/mol. The molecule has 0 spiro atoms. The molecule has 0 aliphatic carbocycles. The molecule has 6 aromatic rings. The normalized spacial score (nSPS) is 11.9. The molecule has 3 nitrogen and oxygen atoms in total. The fraction of sp³-hybridized carbons (Fsp3) is 0.200. The molecule has 0 atom stereocenters. The van der Waals surface area contributed by atoms with Crippen LogP contribution in [0.25, 0.3) is 55.7 Å². The Balaban J connectivity index is 1.44. The quantitative estimate of drug-likeness (QED) is 0.244. The summed E-state index contributed by atoms with van der Waals surface area (Å²) in [5, 5.41) is 2.08. The Hall–Kier alpha value is -4.24. The predicted octanol–water partition coefficient (Wildman–Crippen LogP) is 9.58. The zero-order chi connectivity index (χ0) is 26.4. The smallest absolute Gasteiger partial charge is 0.227 e. The van der Waals surface area contributed by atoms with Gasteiger partial charge in [0.15, 0.2) is 0 Å². The van der Waals surface area contributed by atoms with Gasteiger partial charge >= 0.3 is 0 Å². The molecule has 3 aromatic heterocycles. The molecule has 0 saturated carbocycles. The first-order valence-electron chi connectivity index (χ1n) is 13.2. The van der Waals surface area contributed by atoms with Gasteiger partial charge < -0.3 is 4.42 Å². The fourth-order valence-corrected chi connectivity index (χ4v) is 5.53. The lowest BCUT2D eigenvalue weighted by Crippen LogP contribution is -2.09. The first-order valence-corrected chi connectivity index (χ1v) is 13.2. The van der Waals surface area contributed by atoms with Gasteiger partial charge in [-0.05, 0) is 83.8 Å². The van der Waals surface area contributed by atoms with Gasteiger partial charge in [0.2, 0.25) is 5.71 Å². The maximum atomic E-state index is 6.46. The molecule has 38 heavy (non-hydrogen) atoms. The van der Waals surface area contributed by atoms with Crippen LogP contribution in [-0.2, 0) is 6.42 Å². The van der Waals surface area contributed by atoms with E-state index in [0.29, 0.717) is 5.71 Å². The highest BCUT2D eigenvalue weighted by Gasteiger charge is 2.18. The Bertz CT molecular complexity index is 1770. The molecule has 0 aliphatic heterocycles. The molecule has 0 bridgehead atoms. The highest BCUT2D eigenvalue weighted by atomic mass is 16.3. The summed E-state index contributed by atoms with van der Waals surface area (Å²) in [6, 6.07) is 29.8. The molecule has 0 saturated heterocycles. The van der Waals surface area contributed by atoms with Gasteiger partial charge in [-0.15, -0.1) is 0 Å². The lowest BCUT2D eigenvalue weighted by molar-refractivity contribution is 0.411. The minimum atomic E-state index is 0.208. The molecule has 3 aromatic carbocycles. The number of pyridine rings is 2. The SMILES string of the molecule is Cc1cc(-c2ccccc2)cc(C)c1-c1ccc2c(n1)oc1c(-c3cc(CC(C)(C)C)ccn3)cccc12. The van der Waals surface area contributed by atoms with E-state index in [1.165, 1.54) is 27.8 Å². The number of nitrogens with zero attached hydrogens (tertiary/aromatic N) is 2. The van der Waals surface area contributed by atoms with Gasteiger partial charge in [0, 0.05) is 28.1 Å². The van der Waals surface area contributed by atoms with Gasteiger partial charge in [0.05, 0.1) is 11.4 Å². The number of benzene rings is 3. The highest BCUT2D eigenvalue weighted by molar-refractivity contribution is 6.08. The zero-order valence-corrected chi connectivity index (χ0v) is 22.7. The monoisotopic (exact) mass is 496 g/mol. The summed E-state index contributed by atoms with van der Waals surface area (Å²) in [6.45, 7) is 11.1. The number of rotatable bonds is 4. The van der Waals surface area contributed by atoms with Crippen molar-refractivity contribution in [1.82, 2.24) is 9.97 Å². The van der Waals surface area contributed by atoms with E-state index in [-0.39, 0.29) is 5.41 Å². The van der Waals surface area contributed by atoms with E-state index < -0.39 is 0 Å². The standard InChI is InChI=1S/C35H32N2O/c1-22-18-26(25-10-7-6-8-11-25)19-23(2)32(22)30-15-14-28-27-12-9-13-29(33(27)38-34(28)37-30)31-20-24(16-17-36-31)21-35(3,4)5/h6-20H,21H2,1-5H3. The summed E-state index contributed by atoms with van der Waals surface area (Å²) in [5.74, 6) is 0. The van der Waals surface area contributed by atoms with Crippen molar-refractivity contribution in [3.63, 3.8) is 0 Å². The number of fused-ring (bicyclic) bond motifs is 3. The third-order valence-corrected chi connectivity index (χ3v) is 7.09. The van der Waals surface area contributed by atoms with Crippen LogP contribution in [0.1, 0.15) is 37.5 Å². The largest absolute Gasteiger partial charge is 0.437 e. The van der Waals surface area contributed by atoms with E-state index in [0.717, 1.165) is 45.3 Å². The van der Waals surface area contributed by atoms with E-state index in [1.54, 1.807) is 0 Å². The van der Waals surface area contributed by atoms with Crippen LogP contribution in [0.4, 0.5) is 0 Å². The van der Waals surface area contributed by atoms with Crippen molar-refractivity contribution < 1.29 is 4.42 Å². The molecule has 3 heterocycles. The van der Waals surface area contributed by atoms with Crippen LogP contribution in [0.5, 0.6) is 0 Å². The van der Waals surface area contributed by atoms with Crippen LogP contribution in [0.2, 0.25) is 0 Å². The van der Waals surface area contributed by atoms with Crippen molar-refractivity contribution in [1.29, 1.82) is 0 Å². The second-order valence-corrected chi connectivity index (χ2v) is 11.5. The topological polar surface area (TPSA) is 38.9 Å². The maximum absolute atomic E-state index is 6.46. The number of para-hydroxylation sites is 1. The van der Waals surface area contributed by atoms with Crippen molar-refractivity contribution in [2.75, 3.05) is 0 Å². The Morgan fingerprint density at radius 2 is 1.47 bits per heavy atom. The second-order valence-electron chi connectivity index (χ2n) is 11.5. The molecule has 6 rings (SSSR count). The second kappa shape index (κ2) is 9.25. The van der Waals surface area contributed by atoms with Crippen LogP contribution in [0.15, 0.2) is 95.5 Å². The molecule has 3 heteroatoms. The third kappa shape index (κ3) is 4.50. The number of hydrogen-bond donors (Lipinski definition) is 0. The van der Waals surface area contributed by atoms with Gasteiger partial charge in [-0.25, -0.2) is 4.98 Å². The Labute approximate surface area is 224 Å². The molecule has 0 aliphatic rings. The van der Waals surface area contributed by atoms with E-state index in [9.17, 15) is 0 Å². The summed E-state index contributed by atoms with van der Waals surface area (Å²) >= 11 is 0. The molecule has 188 valence electrons. The van der Waals surface area contributed by atoms with Crippen LogP contribution in [-0.4, -0.2) is 9.97 Å². The zero-order valence-electron chi connectivity index (χ0n) is 22.7. The van der Waals surface area contributed by atoms with E-state index in [2.05, 4.69) is 113 Å². The van der Waals surface area contributed by atoms with Gasteiger partial charge in [-0.1, -0.05) is 75.4 Å². The Morgan fingerprint density at radius 1 is 0.711 bits per heavy atom. The van der Waals surface area contributed by atoms with Crippen molar-refractivity contribution in [2.24, 2.45) is 5.41 Å². The summed E-state index contributed by atoms with van der Waals surface area (Å²) < 4.78 is 6.46. The average Bonchev–Trinajstić information content (AvgIpc) is 3.26. The van der Waals surface area contributed by atoms with Crippen molar-refractivity contribution in [3.05, 3.63) is 108 Å². The van der Waals surface area contributed by atoms with Gasteiger partial charge in [0.1, 0.15) is 5.58 Å². The summed E-state index contributed by atoms with van der Waals surface area (Å²) in [4.78, 5) is 9.72. The molecule has 0 radical (unpaired) electrons. The third-order valence-electron chi connectivity index (χ3n) is 7.09. The Kier molecular flexibility index (Phi) is 5.87. The van der Waals surface area contributed by atoms with Crippen LogP contribution < -0.4 is 0 Å². The fourth-order valence-electron chi connectivity index (χ4n) is 5.53. The minimum Gasteiger partial charge on any atom is -0.437 e. The summed E-state index contributed by atoms with van der Waals surface area (Å²) in [5.41, 5.74) is 11.8. The molecular formula is C35H32N2O. The van der Waals surface area contributed by atoms with Gasteiger partial charge in [-0.2, -0.15) is 0 Å². The van der Waals surface area contributed by atoms with E-state index in [4.69, 9.17) is 14.4 Å². The molecule has 0 fully saturated rings. The van der Waals surface area contributed by atoms with Crippen molar-refractivity contribution in [3.8, 4) is 33.6 Å². The molecular weight excluding hydrogens is 464 g/mol. The first kappa shape index (κ1) is 24.1. The van der Waals surface area contributed by atoms with Gasteiger partial charge in [0.25, 0.3) is 0 Å². The van der Waals surface area contributed by atoms with Crippen molar-refractivity contribution in [2.45, 2.75) is 41.0 Å². The van der Waals surface area contributed by atoms with E-state index in [1.807, 2.05) is 12.3 Å². The average molecular weight is 497 g/mol. The Morgan fingerprint density at radius 3 is 2.21 bits per heavy atom. The first-order chi connectivity index (χ1) is 18.3. The highest BCUT2D eigenvalue weighted by Crippen LogP contribution is 2.37. The van der Waals surface area contributed by atoms with Gasteiger partial charge in [-0.3, -0.25) is 4.98 Å². The maximum Gasteiger partial charge on any atom is 0.227 e. The number of hydrogen-bond acceptors (Lipinski definition) is 3. The van der Waals surface area contributed by atoms with Crippen molar-refractivity contribution >= 4 is 22.1 Å². The number of furan rings is 1. The minimum absolute atomic E-state index is 0.208. The van der Waals surface area contributed by atoms with E-state index >= 15 is 0 Å². The lowest BCUT2D eigenvalue weighted by Gasteiger charge is -2.18. The van der Waals surface area contributed by atoms with Crippen LogP contribution in [0, 0.1) is 19.3 Å². The van der Waals surface area contributed by atoms with Crippen LogP contribution >= 0.6 is 0 Å². The molecule has 0 unspecified atom stereocenters. The molecule has 0 amide bonds. The summed E-state index contributed by atoms with van der Waals surface area (Å²) in [6.07, 6.45) is 2.89. The molecule has 0 N–H and O–H groups in total. The lowest BCUT2D eigenvalue weighted by atomic mass is 9.88.